The van der Waals surface area contributed by atoms with Crippen LogP contribution in [0.2, 0.25) is 0 Å². The van der Waals surface area contributed by atoms with Crippen molar-refractivity contribution in [2.45, 2.75) is 5.16 Å². The molecule has 94 valence electrons. The molecule has 7 heteroatoms. The second-order valence-corrected chi connectivity index (χ2v) is 5.37. The summed E-state index contributed by atoms with van der Waals surface area (Å²) in [7, 11) is 1.96. The van der Waals surface area contributed by atoms with Crippen LogP contribution in [0.25, 0.3) is 11.0 Å². The molecule has 1 aromatic heterocycles. The van der Waals surface area contributed by atoms with Crippen LogP contribution in [0.15, 0.2) is 17.3 Å². The first kappa shape index (κ1) is 11.6. The number of aromatic nitrogens is 2. The van der Waals surface area contributed by atoms with Gasteiger partial charge in [0.15, 0.2) is 16.7 Å². The lowest BCUT2D eigenvalue weighted by atomic mass is 10.3. The first-order valence-electron chi connectivity index (χ1n) is 5.32. The molecule has 1 aromatic carbocycles. The number of fused-ring (bicyclic) bond motifs is 2. The molecule has 2 aromatic rings. The molecule has 18 heavy (non-hydrogen) atoms. The lowest BCUT2D eigenvalue weighted by molar-refractivity contribution is 0.174. The molecule has 0 atom stereocenters. The fraction of sp³-hybridized carbons (Fsp3) is 0.273. The van der Waals surface area contributed by atoms with Gasteiger partial charge in [0.25, 0.3) is 0 Å². The number of imidazole rings is 1. The highest BCUT2D eigenvalue weighted by Gasteiger charge is 2.18. The SMILES string of the molecule is Cn1c(SCC(N)=S)nc2cc3c(cc21)OCO3. The minimum absolute atomic E-state index is 0.273. The van der Waals surface area contributed by atoms with E-state index in [4.69, 9.17) is 27.4 Å². The van der Waals surface area contributed by atoms with Gasteiger partial charge in [0.2, 0.25) is 6.79 Å². The molecule has 2 heterocycles. The van der Waals surface area contributed by atoms with E-state index >= 15 is 0 Å². The molecule has 5 nitrogen and oxygen atoms in total. The third-order valence-corrected chi connectivity index (χ3v) is 4.08. The highest BCUT2D eigenvalue weighted by molar-refractivity contribution is 8.00. The lowest BCUT2D eigenvalue weighted by Crippen LogP contribution is -2.10. The van der Waals surface area contributed by atoms with Crippen molar-refractivity contribution in [2.75, 3.05) is 12.5 Å². The van der Waals surface area contributed by atoms with Gasteiger partial charge >= 0.3 is 0 Å². The van der Waals surface area contributed by atoms with Crippen LogP contribution >= 0.6 is 24.0 Å². The number of benzene rings is 1. The Morgan fingerprint density at radius 1 is 1.50 bits per heavy atom. The fourth-order valence-corrected chi connectivity index (χ4v) is 2.73. The molecule has 1 aliphatic rings. The zero-order valence-electron chi connectivity index (χ0n) is 9.67. The minimum atomic E-state index is 0.273. The minimum Gasteiger partial charge on any atom is -0.454 e. The zero-order chi connectivity index (χ0) is 12.7. The lowest BCUT2D eigenvalue weighted by Gasteiger charge is -2.01. The molecule has 3 rings (SSSR count). The first-order valence-corrected chi connectivity index (χ1v) is 6.71. The highest BCUT2D eigenvalue weighted by Crippen LogP contribution is 2.36. The Balaban J connectivity index is 2.03. The van der Waals surface area contributed by atoms with E-state index < -0.39 is 0 Å². The molecule has 2 N–H and O–H groups in total. The largest absolute Gasteiger partial charge is 0.454 e. The Bertz CT molecular complexity index is 639. The van der Waals surface area contributed by atoms with Gasteiger partial charge in [-0.25, -0.2) is 4.98 Å². The second-order valence-electron chi connectivity index (χ2n) is 3.90. The van der Waals surface area contributed by atoms with E-state index in [-0.39, 0.29) is 6.79 Å². The molecular weight excluding hydrogens is 270 g/mol. The van der Waals surface area contributed by atoms with E-state index in [0.29, 0.717) is 10.7 Å². The topological polar surface area (TPSA) is 62.3 Å². The summed E-state index contributed by atoms with van der Waals surface area (Å²) in [6.07, 6.45) is 0. The van der Waals surface area contributed by atoms with Crippen molar-refractivity contribution in [3.8, 4) is 11.5 Å². The molecule has 0 fully saturated rings. The van der Waals surface area contributed by atoms with Crippen LogP contribution in [0.1, 0.15) is 0 Å². The number of hydrogen-bond donors (Lipinski definition) is 1. The van der Waals surface area contributed by atoms with Crippen molar-refractivity contribution in [3.05, 3.63) is 12.1 Å². The number of hydrogen-bond acceptors (Lipinski definition) is 5. The van der Waals surface area contributed by atoms with E-state index in [9.17, 15) is 0 Å². The van der Waals surface area contributed by atoms with Gasteiger partial charge in [0.05, 0.1) is 21.8 Å². The molecule has 0 amide bonds. The standard InChI is InChI=1S/C11H11N3O2S2/c1-14-7-3-9-8(15-5-16-9)2-6(7)13-11(14)18-4-10(12)17/h2-3H,4-5H2,1H3,(H2,12,17). The Hall–Kier alpha value is -1.47. The Kier molecular flexibility index (Phi) is 2.79. The van der Waals surface area contributed by atoms with Gasteiger partial charge in [0.1, 0.15) is 0 Å². The van der Waals surface area contributed by atoms with E-state index in [0.717, 1.165) is 27.7 Å². The fourth-order valence-electron chi connectivity index (χ4n) is 1.82. The Labute approximate surface area is 113 Å². The number of aryl methyl sites for hydroxylation is 1. The summed E-state index contributed by atoms with van der Waals surface area (Å²) in [4.78, 5) is 5.01. The van der Waals surface area contributed by atoms with Crippen LogP contribution in [-0.4, -0.2) is 27.1 Å². The molecule has 0 aliphatic carbocycles. The normalized spacial score (nSPS) is 13.2. The first-order chi connectivity index (χ1) is 8.65. The van der Waals surface area contributed by atoms with Gasteiger partial charge in [-0.15, -0.1) is 0 Å². The van der Waals surface area contributed by atoms with Crippen molar-refractivity contribution >= 4 is 40.0 Å². The summed E-state index contributed by atoms with van der Waals surface area (Å²) < 4.78 is 12.7. The third-order valence-electron chi connectivity index (χ3n) is 2.68. The van der Waals surface area contributed by atoms with Crippen molar-refractivity contribution in [1.29, 1.82) is 0 Å². The molecule has 1 aliphatic heterocycles. The van der Waals surface area contributed by atoms with Crippen LogP contribution in [0.4, 0.5) is 0 Å². The number of nitrogens with two attached hydrogens (primary N) is 1. The summed E-state index contributed by atoms with van der Waals surface area (Å²) in [5.41, 5.74) is 7.38. The molecule has 0 saturated carbocycles. The van der Waals surface area contributed by atoms with Crippen molar-refractivity contribution in [1.82, 2.24) is 9.55 Å². The summed E-state index contributed by atoms with van der Waals surface area (Å²) in [5.74, 6) is 2.09. The number of ether oxygens (including phenoxy) is 2. The maximum atomic E-state index is 5.50. The average molecular weight is 281 g/mol. The molecule has 0 bridgehead atoms. The predicted molar refractivity (Wildman–Crippen MR) is 74.3 cm³/mol. The van der Waals surface area contributed by atoms with Gasteiger partial charge in [-0.2, -0.15) is 0 Å². The van der Waals surface area contributed by atoms with Crippen molar-refractivity contribution in [2.24, 2.45) is 12.8 Å². The van der Waals surface area contributed by atoms with E-state index in [1.807, 2.05) is 23.7 Å². The maximum absolute atomic E-state index is 5.50. The van der Waals surface area contributed by atoms with Crippen LogP contribution in [-0.2, 0) is 7.05 Å². The van der Waals surface area contributed by atoms with Crippen molar-refractivity contribution in [3.63, 3.8) is 0 Å². The van der Waals surface area contributed by atoms with Crippen molar-refractivity contribution < 1.29 is 9.47 Å². The van der Waals surface area contributed by atoms with Crippen LogP contribution in [0, 0.1) is 0 Å². The van der Waals surface area contributed by atoms with E-state index in [1.165, 1.54) is 11.8 Å². The summed E-state index contributed by atoms with van der Waals surface area (Å²) >= 11 is 6.39. The number of thiocarbonyl (C=S) groups is 1. The quantitative estimate of drug-likeness (QED) is 0.682. The second kappa shape index (κ2) is 4.33. The zero-order valence-corrected chi connectivity index (χ0v) is 11.3. The summed E-state index contributed by atoms with van der Waals surface area (Å²) in [6.45, 7) is 0.273. The summed E-state index contributed by atoms with van der Waals surface area (Å²) in [6, 6.07) is 3.83. The van der Waals surface area contributed by atoms with Crippen LogP contribution < -0.4 is 15.2 Å². The maximum Gasteiger partial charge on any atom is 0.231 e. The number of thioether (sulfide) groups is 1. The average Bonchev–Trinajstić information content (AvgIpc) is 2.89. The van der Waals surface area contributed by atoms with Gasteiger partial charge in [-0.1, -0.05) is 24.0 Å². The van der Waals surface area contributed by atoms with Gasteiger partial charge in [-0.05, 0) is 0 Å². The van der Waals surface area contributed by atoms with Gasteiger partial charge in [-0.3, -0.25) is 0 Å². The van der Waals surface area contributed by atoms with E-state index in [2.05, 4.69) is 4.98 Å². The van der Waals surface area contributed by atoms with Gasteiger partial charge < -0.3 is 19.8 Å². The molecule has 0 unspecified atom stereocenters. The monoisotopic (exact) mass is 281 g/mol. The van der Waals surface area contributed by atoms with Gasteiger partial charge in [0, 0.05) is 19.2 Å². The molecular formula is C11H11N3O2S2. The highest BCUT2D eigenvalue weighted by atomic mass is 32.2. The molecule has 0 saturated heterocycles. The predicted octanol–water partition coefficient (Wildman–Crippen LogP) is 1.68. The third kappa shape index (κ3) is 1.89. The smallest absolute Gasteiger partial charge is 0.231 e. The number of rotatable bonds is 3. The molecule has 0 spiro atoms. The van der Waals surface area contributed by atoms with Crippen LogP contribution in [0.3, 0.4) is 0 Å². The Morgan fingerprint density at radius 2 is 2.22 bits per heavy atom. The summed E-state index contributed by atoms with van der Waals surface area (Å²) in [5, 5.41) is 0.876. The van der Waals surface area contributed by atoms with Crippen LogP contribution in [0.5, 0.6) is 11.5 Å². The van der Waals surface area contributed by atoms with E-state index in [1.54, 1.807) is 0 Å². The molecule has 0 radical (unpaired) electrons. The number of nitrogens with zero attached hydrogens (tertiary/aromatic N) is 2. The Morgan fingerprint density at radius 3 is 2.94 bits per heavy atom.